The van der Waals surface area contributed by atoms with E-state index >= 15 is 0 Å². The standard InChI is InChI=1S/C25H23NO3/c27-24(19-8-3-1-4-9-19)20-14-16-26(17-15-20)25(28)21-10-7-13-23(18-21)29-22-11-5-2-6-12-22/h1-13,18,20H,14-17H2. The Hall–Kier alpha value is -3.40. The van der Waals surface area contributed by atoms with Crippen molar-refractivity contribution in [1.82, 2.24) is 4.90 Å². The van der Waals surface area contributed by atoms with Crippen LogP contribution in [0.3, 0.4) is 0 Å². The third kappa shape index (κ3) is 4.54. The van der Waals surface area contributed by atoms with Crippen LogP contribution in [0, 0.1) is 5.92 Å². The first-order valence-corrected chi connectivity index (χ1v) is 9.92. The number of benzene rings is 3. The molecule has 0 N–H and O–H groups in total. The second-order valence-electron chi connectivity index (χ2n) is 7.24. The van der Waals surface area contributed by atoms with Crippen molar-refractivity contribution in [2.45, 2.75) is 12.8 Å². The molecule has 1 saturated heterocycles. The van der Waals surface area contributed by atoms with Crippen molar-refractivity contribution in [2.24, 2.45) is 5.92 Å². The molecule has 1 amide bonds. The van der Waals surface area contributed by atoms with Gasteiger partial charge < -0.3 is 9.64 Å². The molecule has 1 aliphatic rings. The average molecular weight is 385 g/mol. The first kappa shape index (κ1) is 18.9. The summed E-state index contributed by atoms with van der Waals surface area (Å²) in [7, 11) is 0. The summed E-state index contributed by atoms with van der Waals surface area (Å²) < 4.78 is 5.84. The molecule has 0 atom stereocenters. The molecule has 0 spiro atoms. The number of piperidine rings is 1. The van der Waals surface area contributed by atoms with Crippen molar-refractivity contribution in [1.29, 1.82) is 0 Å². The summed E-state index contributed by atoms with van der Waals surface area (Å²) in [6, 6.07) is 26.2. The Morgan fingerprint density at radius 2 is 1.31 bits per heavy atom. The van der Waals surface area contributed by atoms with Crippen molar-refractivity contribution >= 4 is 11.7 Å². The summed E-state index contributed by atoms with van der Waals surface area (Å²) in [5.41, 5.74) is 1.36. The van der Waals surface area contributed by atoms with E-state index in [9.17, 15) is 9.59 Å². The quantitative estimate of drug-likeness (QED) is 0.566. The predicted molar refractivity (Wildman–Crippen MR) is 112 cm³/mol. The monoisotopic (exact) mass is 385 g/mol. The predicted octanol–water partition coefficient (Wildman–Crippen LogP) is 5.21. The topological polar surface area (TPSA) is 46.6 Å². The Balaban J connectivity index is 1.38. The maximum atomic E-state index is 12.9. The lowest BCUT2D eigenvalue weighted by Gasteiger charge is -2.31. The lowest BCUT2D eigenvalue weighted by Crippen LogP contribution is -2.40. The van der Waals surface area contributed by atoms with Crippen LogP contribution in [0.2, 0.25) is 0 Å². The second kappa shape index (κ2) is 8.74. The fraction of sp³-hybridized carbons (Fsp3) is 0.200. The summed E-state index contributed by atoms with van der Waals surface area (Å²) in [5.74, 6) is 1.51. The van der Waals surface area contributed by atoms with Crippen LogP contribution < -0.4 is 4.74 Å². The highest BCUT2D eigenvalue weighted by Crippen LogP contribution is 2.25. The van der Waals surface area contributed by atoms with Crippen LogP contribution in [0.5, 0.6) is 11.5 Å². The Labute approximate surface area is 170 Å². The number of ketones is 1. The number of carbonyl (C=O) groups is 2. The van der Waals surface area contributed by atoms with E-state index in [4.69, 9.17) is 4.74 Å². The van der Waals surface area contributed by atoms with Gasteiger partial charge in [0, 0.05) is 30.1 Å². The molecular weight excluding hydrogens is 362 g/mol. The molecule has 4 heteroatoms. The van der Waals surface area contributed by atoms with E-state index in [2.05, 4.69) is 0 Å². The van der Waals surface area contributed by atoms with Gasteiger partial charge in [0.05, 0.1) is 0 Å². The van der Waals surface area contributed by atoms with Crippen LogP contribution in [0.4, 0.5) is 0 Å². The van der Waals surface area contributed by atoms with E-state index in [0.29, 0.717) is 37.2 Å². The Morgan fingerprint density at radius 1 is 0.724 bits per heavy atom. The highest BCUT2D eigenvalue weighted by molar-refractivity contribution is 5.98. The first-order chi connectivity index (χ1) is 14.2. The van der Waals surface area contributed by atoms with E-state index in [1.807, 2.05) is 77.7 Å². The minimum absolute atomic E-state index is 0.0193. The molecular formula is C25H23NO3. The summed E-state index contributed by atoms with van der Waals surface area (Å²) in [5, 5.41) is 0. The van der Waals surface area contributed by atoms with Gasteiger partial charge in [0.1, 0.15) is 11.5 Å². The second-order valence-corrected chi connectivity index (χ2v) is 7.24. The molecule has 0 aliphatic carbocycles. The molecule has 146 valence electrons. The molecule has 0 aromatic heterocycles. The molecule has 29 heavy (non-hydrogen) atoms. The highest BCUT2D eigenvalue weighted by Gasteiger charge is 2.28. The zero-order chi connectivity index (χ0) is 20.1. The van der Waals surface area contributed by atoms with E-state index in [1.165, 1.54) is 0 Å². The molecule has 4 nitrogen and oxygen atoms in total. The van der Waals surface area contributed by atoms with Crippen LogP contribution >= 0.6 is 0 Å². The number of amides is 1. The highest BCUT2D eigenvalue weighted by atomic mass is 16.5. The molecule has 4 rings (SSSR count). The Kier molecular flexibility index (Phi) is 5.71. The fourth-order valence-electron chi connectivity index (χ4n) is 3.68. The maximum Gasteiger partial charge on any atom is 0.253 e. The SMILES string of the molecule is O=C(c1ccccc1)C1CCN(C(=O)c2cccc(Oc3ccccc3)c2)CC1. The van der Waals surface area contributed by atoms with Crippen molar-refractivity contribution in [2.75, 3.05) is 13.1 Å². The van der Waals surface area contributed by atoms with Gasteiger partial charge in [-0.1, -0.05) is 54.6 Å². The number of rotatable bonds is 5. The van der Waals surface area contributed by atoms with E-state index < -0.39 is 0 Å². The van der Waals surface area contributed by atoms with Gasteiger partial charge in [-0.2, -0.15) is 0 Å². The van der Waals surface area contributed by atoms with Crippen LogP contribution in [-0.4, -0.2) is 29.7 Å². The number of para-hydroxylation sites is 1. The van der Waals surface area contributed by atoms with Gasteiger partial charge in [0.25, 0.3) is 5.91 Å². The van der Waals surface area contributed by atoms with Crippen LogP contribution in [0.15, 0.2) is 84.9 Å². The molecule has 1 heterocycles. The summed E-state index contributed by atoms with van der Waals surface area (Å²) in [4.78, 5) is 27.4. The third-order valence-electron chi connectivity index (χ3n) is 5.27. The van der Waals surface area contributed by atoms with Crippen molar-refractivity contribution in [3.8, 4) is 11.5 Å². The number of hydrogen-bond donors (Lipinski definition) is 0. The molecule has 1 aliphatic heterocycles. The van der Waals surface area contributed by atoms with E-state index in [0.717, 1.165) is 11.3 Å². The summed E-state index contributed by atoms with van der Waals surface area (Å²) in [6.07, 6.45) is 1.39. The van der Waals surface area contributed by atoms with Gasteiger partial charge in [-0.3, -0.25) is 9.59 Å². The lowest BCUT2D eigenvalue weighted by molar-refractivity contribution is 0.0650. The molecule has 0 unspecified atom stereocenters. The zero-order valence-corrected chi connectivity index (χ0v) is 16.2. The fourth-order valence-corrected chi connectivity index (χ4v) is 3.68. The van der Waals surface area contributed by atoms with Gasteiger partial charge in [-0.15, -0.1) is 0 Å². The number of nitrogens with zero attached hydrogens (tertiary/aromatic N) is 1. The van der Waals surface area contributed by atoms with Crippen LogP contribution in [-0.2, 0) is 0 Å². The zero-order valence-electron chi connectivity index (χ0n) is 16.2. The number of carbonyl (C=O) groups excluding carboxylic acids is 2. The molecule has 3 aromatic rings. The smallest absolute Gasteiger partial charge is 0.253 e. The maximum absolute atomic E-state index is 12.9. The normalized spacial score (nSPS) is 14.4. The Morgan fingerprint density at radius 3 is 2.00 bits per heavy atom. The minimum atomic E-state index is -0.0193. The van der Waals surface area contributed by atoms with E-state index in [1.54, 1.807) is 12.1 Å². The van der Waals surface area contributed by atoms with Gasteiger partial charge in [-0.05, 0) is 43.2 Å². The van der Waals surface area contributed by atoms with Gasteiger partial charge in [-0.25, -0.2) is 0 Å². The Bertz CT molecular complexity index is 977. The number of ether oxygens (including phenoxy) is 1. The van der Waals surface area contributed by atoms with Gasteiger partial charge >= 0.3 is 0 Å². The summed E-state index contributed by atoms with van der Waals surface area (Å²) >= 11 is 0. The van der Waals surface area contributed by atoms with Gasteiger partial charge in [0.15, 0.2) is 5.78 Å². The van der Waals surface area contributed by atoms with E-state index in [-0.39, 0.29) is 17.6 Å². The molecule has 1 fully saturated rings. The number of hydrogen-bond acceptors (Lipinski definition) is 3. The molecule has 0 saturated carbocycles. The van der Waals surface area contributed by atoms with Crippen LogP contribution in [0.1, 0.15) is 33.6 Å². The first-order valence-electron chi connectivity index (χ1n) is 9.92. The largest absolute Gasteiger partial charge is 0.457 e. The van der Waals surface area contributed by atoms with Crippen LogP contribution in [0.25, 0.3) is 0 Å². The molecule has 0 radical (unpaired) electrons. The summed E-state index contributed by atoms with van der Waals surface area (Å²) in [6.45, 7) is 1.18. The van der Waals surface area contributed by atoms with Crippen molar-refractivity contribution in [3.63, 3.8) is 0 Å². The van der Waals surface area contributed by atoms with Gasteiger partial charge in [0.2, 0.25) is 0 Å². The molecule has 0 bridgehead atoms. The third-order valence-corrected chi connectivity index (χ3v) is 5.27. The van der Waals surface area contributed by atoms with Crippen molar-refractivity contribution < 1.29 is 14.3 Å². The number of likely N-dealkylation sites (tertiary alicyclic amines) is 1. The number of Topliss-reactive ketones (excluding diaryl/α,β-unsaturated/α-hetero) is 1. The average Bonchev–Trinajstić information content (AvgIpc) is 2.80. The minimum Gasteiger partial charge on any atom is -0.457 e. The molecule has 3 aromatic carbocycles. The lowest BCUT2D eigenvalue weighted by atomic mass is 9.88. The van der Waals surface area contributed by atoms with Crippen molar-refractivity contribution in [3.05, 3.63) is 96.1 Å².